The first-order chi connectivity index (χ1) is 5.43. The van der Waals surface area contributed by atoms with Crippen molar-refractivity contribution in [2.24, 2.45) is 0 Å². The number of hydrogen-bond donors (Lipinski definition) is 1. The van der Waals surface area contributed by atoms with Crippen LogP contribution in [-0.2, 0) is 13.9 Å². The second kappa shape index (κ2) is 3.20. The highest BCUT2D eigenvalue weighted by molar-refractivity contribution is 6.67. The van der Waals surface area contributed by atoms with Crippen LogP contribution in [0.3, 0.4) is 0 Å². The van der Waals surface area contributed by atoms with Crippen molar-refractivity contribution in [1.82, 2.24) is 0 Å². The minimum atomic E-state index is -1.21. The van der Waals surface area contributed by atoms with E-state index in [0.717, 1.165) is 0 Å². The largest absolute Gasteiger partial charge is 0.412 e. The second-order valence-corrected chi connectivity index (χ2v) is 5.31. The summed E-state index contributed by atoms with van der Waals surface area (Å²) in [6, 6.07) is 0. The standard InChI is InChI=1S/C6H12O4Si/c7-1-2-10-11-5-6(11)9-4-3-8-5/h5-7,11H,1-4H2. The van der Waals surface area contributed by atoms with E-state index >= 15 is 0 Å². The minimum absolute atomic E-state index is 0.100. The normalized spacial score (nSPS) is 41.7. The quantitative estimate of drug-likeness (QED) is 0.537. The predicted octanol–water partition coefficient (Wildman–Crippen LogP) is -1.40. The highest BCUT2D eigenvalue weighted by atomic mass is 28.3. The Morgan fingerprint density at radius 1 is 1.36 bits per heavy atom. The number of hydrogen-bond acceptors (Lipinski definition) is 4. The zero-order chi connectivity index (χ0) is 7.68. The molecule has 4 nitrogen and oxygen atoms in total. The number of aliphatic hydroxyl groups is 1. The third-order valence-corrected chi connectivity index (χ3v) is 4.49. The van der Waals surface area contributed by atoms with Crippen molar-refractivity contribution in [3.63, 3.8) is 0 Å². The van der Waals surface area contributed by atoms with Crippen LogP contribution in [0.4, 0.5) is 0 Å². The Morgan fingerprint density at radius 3 is 2.55 bits per heavy atom. The Labute approximate surface area is 66.8 Å². The molecule has 11 heavy (non-hydrogen) atoms. The van der Waals surface area contributed by atoms with Gasteiger partial charge in [0, 0.05) is 0 Å². The van der Waals surface area contributed by atoms with Gasteiger partial charge in [0.05, 0.1) is 26.4 Å². The third kappa shape index (κ3) is 1.47. The maximum atomic E-state index is 8.49. The number of fused-ring (bicyclic) bond motifs is 1. The maximum Gasteiger partial charge on any atom is 0.238 e. The molecule has 64 valence electrons. The molecule has 2 aliphatic rings. The lowest BCUT2D eigenvalue weighted by Crippen LogP contribution is -2.16. The zero-order valence-corrected chi connectivity index (χ0v) is 7.39. The molecule has 0 amide bonds. The van der Waals surface area contributed by atoms with Gasteiger partial charge in [0.25, 0.3) is 0 Å². The number of ether oxygens (including phenoxy) is 2. The van der Waals surface area contributed by atoms with Gasteiger partial charge in [-0.2, -0.15) is 0 Å². The molecular weight excluding hydrogens is 164 g/mol. The van der Waals surface area contributed by atoms with Crippen molar-refractivity contribution in [1.29, 1.82) is 0 Å². The smallest absolute Gasteiger partial charge is 0.238 e. The summed E-state index contributed by atoms with van der Waals surface area (Å²) < 4.78 is 16.2. The molecule has 0 spiro atoms. The molecule has 0 aromatic carbocycles. The molecule has 2 saturated heterocycles. The summed E-state index contributed by atoms with van der Waals surface area (Å²) in [5.74, 6) is 0. The van der Waals surface area contributed by atoms with E-state index in [1.165, 1.54) is 0 Å². The molecular formula is C6H12O4Si. The van der Waals surface area contributed by atoms with Crippen molar-refractivity contribution in [3.8, 4) is 0 Å². The molecule has 2 fully saturated rings. The van der Waals surface area contributed by atoms with Crippen LogP contribution in [0, 0.1) is 0 Å². The SMILES string of the molecule is OCCO[SiH]1C2OCCOC21. The van der Waals surface area contributed by atoms with Gasteiger partial charge in [-0.3, -0.25) is 0 Å². The molecule has 0 aliphatic carbocycles. The molecule has 0 radical (unpaired) electrons. The fraction of sp³-hybridized carbons (Fsp3) is 1.00. The number of aliphatic hydroxyl groups excluding tert-OH is 1. The van der Waals surface area contributed by atoms with Gasteiger partial charge in [0.15, 0.2) is 0 Å². The Kier molecular flexibility index (Phi) is 2.24. The summed E-state index contributed by atoms with van der Waals surface area (Å²) in [7, 11) is -1.21. The topological polar surface area (TPSA) is 47.9 Å². The maximum absolute atomic E-state index is 8.49. The fourth-order valence-electron chi connectivity index (χ4n) is 1.36. The van der Waals surface area contributed by atoms with Crippen LogP contribution in [0.25, 0.3) is 0 Å². The van der Waals surface area contributed by atoms with Crippen LogP contribution in [0.15, 0.2) is 0 Å². The van der Waals surface area contributed by atoms with E-state index in [1.54, 1.807) is 0 Å². The molecule has 0 bridgehead atoms. The molecule has 2 unspecified atom stereocenters. The van der Waals surface area contributed by atoms with E-state index in [1.807, 2.05) is 0 Å². The highest BCUT2D eigenvalue weighted by Crippen LogP contribution is 2.31. The summed E-state index contributed by atoms with van der Waals surface area (Å²) >= 11 is 0. The first-order valence-electron chi connectivity index (χ1n) is 3.89. The monoisotopic (exact) mass is 176 g/mol. The number of rotatable bonds is 3. The summed E-state index contributed by atoms with van der Waals surface area (Å²) in [4.78, 5) is 0. The van der Waals surface area contributed by atoms with E-state index in [0.29, 0.717) is 19.8 Å². The van der Waals surface area contributed by atoms with Crippen molar-refractivity contribution >= 4 is 9.04 Å². The molecule has 0 aromatic heterocycles. The molecule has 2 aliphatic heterocycles. The van der Waals surface area contributed by atoms with Gasteiger partial charge in [0.2, 0.25) is 9.04 Å². The minimum Gasteiger partial charge on any atom is -0.412 e. The Bertz CT molecular complexity index is 131. The lowest BCUT2D eigenvalue weighted by molar-refractivity contribution is -0.0376. The van der Waals surface area contributed by atoms with Gasteiger partial charge in [-0.15, -0.1) is 0 Å². The fourth-order valence-corrected chi connectivity index (χ4v) is 3.73. The van der Waals surface area contributed by atoms with Crippen LogP contribution in [0.2, 0.25) is 0 Å². The highest BCUT2D eigenvalue weighted by Gasteiger charge is 2.58. The van der Waals surface area contributed by atoms with E-state index in [-0.39, 0.29) is 18.1 Å². The summed E-state index contributed by atoms with van der Waals surface area (Å²) in [5.41, 5.74) is 0.547. The first kappa shape index (κ1) is 7.69. The van der Waals surface area contributed by atoms with Crippen LogP contribution in [0.5, 0.6) is 0 Å². The molecule has 2 atom stereocenters. The Morgan fingerprint density at radius 2 is 2.00 bits per heavy atom. The van der Waals surface area contributed by atoms with Crippen molar-refractivity contribution in [2.75, 3.05) is 26.4 Å². The predicted molar refractivity (Wildman–Crippen MR) is 39.7 cm³/mol. The van der Waals surface area contributed by atoms with E-state index in [2.05, 4.69) is 0 Å². The van der Waals surface area contributed by atoms with Gasteiger partial charge in [0.1, 0.15) is 11.5 Å². The van der Waals surface area contributed by atoms with Crippen LogP contribution in [0.1, 0.15) is 0 Å². The van der Waals surface area contributed by atoms with Gasteiger partial charge >= 0.3 is 0 Å². The van der Waals surface area contributed by atoms with Crippen molar-refractivity contribution in [2.45, 2.75) is 11.5 Å². The van der Waals surface area contributed by atoms with Gasteiger partial charge < -0.3 is 19.0 Å². The average molecular weight is 176 g/mol. The van der Waals surface area contributed by atoms with E-state index in [4.69, 9.17) is 19.0 Å². The van der Waals surface area contributed by atoms with Crippen LogP contribution in [-0.4, -0.2) is 52.0 Å². The summed E-state index contributed by atoms with van der Waals surface area (Å²) in [6.07, 6.45) is 0. The molecule has 2 heterocycles. The lowest BCUT2D eigenvalue weighted by atomic mass is 10.6. The molecule has 0 aromatic rings. The lowest BCUT2D eigenvalue weighted by Gasteiger charge is -2.08. The van der Waals surface area contributed by atoms with Crippen molar-refractivity contribution in [3.05, 3.63) is 0 Å². The second-order valence-electron chi connectivity index (χ2n) is 2.73. The van der Waals surface area contributed by atoms with Gasteiger partial charge in [-0.05, 0) is 0 Å². The van der Waals surface area contributed by atoms with Crippen molar-refractivity contribution < 1.29 is 19.0 Å². The van der Waals surface area contributed by atoms with Gasteiger partial charge in [-0.25, -0.2) is 0 Å². The van der Waals surface area contributed by atoms with E-state index in [9.17, 15) is 0 Å². The van der Waals surface area contributed by atoms with Gasteiger partial charge in [-0.1, -0.05) is 0 Å². The van der Waals surface area contributed by atoms with E-state index < -0.39 is 9.04 Å². The summed E-state index contributed by atoms with van der Waals surface area (Å²) in [6.45, 7) is 1.94. The third-order valence-electron chi connectivity index (χ3n) is 1.94. The Hall–Kier alpha value is 0.0569. The summed E-state index contributed by atoms with van der Waals surface area (Å²) in [5, 5.41) is 8.49. The van der Waals surface area contributed by atoms with Crippen LogP contribution < -0.4 is 0 Å². The molecule has 2 rings (SSSR count). The average Bonchev–Trinajstić information content (AvgIpc) is 2.75. The molecule has 1 N–H and O–H groups in total. The zero-order valence-electron chi connectivity index (χ0n) is 6.23. The van der Waals surface area contributed by atoms with Crippen LogP contribution >= 0.6 is 0 Å². The molecule has 5 heteroatoms. The molecule has 0 saturated carbocycles. The first-order valence-corrected chi connectivity index (χ1v) is 5.69. The Balaban J connectivity index is 1.72.